The van der Waals surface area contributed by atoms with Crippen LogP contribution >= 0.6 is 0 Å². The summed E-state index contributed by atoms with van der Waals surface area (Å²) in [6.45, 7) is 8.67. The van der Waals surface area contributed by atoms with Crippen LogP contribution in [0.4, 0.5) is 0 Å². The zero-order valence-electron chi connectivity index (χ0n) is 14.8. The molecule has 1 aromatic carbocycles. The van der Waals surface area contributed by atoms with Gasteiger partial charge < -0.3 is 24.8 Å². The minimum atomic E-state index is -0.0183. The molecule has 0 fully saturated rings. The first-order valence-electron chi connectivity index (χ1n) is 7.53. The summed E-state index contributed by atoms with van der Waals surface area (Å²) in [6.07, 6.45) is 0.663. The van der Waals surface area contributed by atoms with Gasteiger partial charge >= 0.3 is 148 Å². The zero-order chi connectivity index (χ0) is 16.5. The number of aliphatic hydroxyl groups excluding tert-OH is 1. The Morgan fingerprint density at radius 3 is 2.38 bits per heavy atom. The van der Waals surface area contributed by atoms with Gasteiger partial charge in [0.1, 0.15) is 0 Å². The smallest absolute Gasteiger partial charge is 1.00 e. The SMILES string of the molecule is COC(C)=C1C(NC(C)(C)C)=[C]([Zr+2])c2cccc(CCO)c21.[Cl-].[Cl-]. The van der Waals surface area contributed by atoms with E-state index in [9.17, 15) is 5.11 Å². The van der Waals surface area contributed by atoms with Crippen molar-refractivity contribution in [2.45, 2.75) is 39.7 Å². The predicted octanol–water partition coefficient (Wildman–Crippen LogP) is -2.78. The van der Waals surface area contributed by atoms with Crippen molar-refractivity contribution in [3.63, 3.8) is 0 Å². The van der Waals surface area contributed by atoms with Gasteiger partial charge in [-0.05, 0) is 0 Å². The summed E-state index contributed by atoms with van der Waals surface area (Å²) in [7, 11) is 1.71. The number of nitrogens with one attached hydrogen (secondary N) is 1. The molecule has 3 nitrogen and oxygen atoms in total. The fourth-order valence-corrected chi connectivity index (χ4v) is 3.74. The summed E-state index contributed by atoms with van der Waals surface area (Å²) in [4.78, 5) is 0. The van der Waals surface area contributed by atoms with Crippen molar-refractivity contribution in [1.29, 1.82) is 0 Å². The zero-order valence-corrected chi connectivity index (χ0v) is 18.7. The van der Waals surface area contributed by atoms with Crippen molar-refractivity contribution in [2.24, 2.45) is 0 Å². The number of methoxy groups -OCH3 is 1. The third-order valence-electron chi connectivity index (χ3n) is 3.71. The third-order valence-corrected chi connectivity index (χ3v) is 4.99. The monoisotopic (exact) mass is 446 g/mol. The van der Waals surface area contributed by atoms with E-state index in [0.717, 1.165) is 11.3 Å². The molecule has 1 aliphatic rings. The van der Waals surface area contributed by atoms with Crippen LogP contribution in [0.3, 0.4) is 0 Å². The van der Waals surface area contributed by atoms with Crippen LogP contribution in [0.2, 0.25) is 0 Å². The van der Waals surface area contributed by atoms with Gasteiger partial charge in [0.2, 0.25) is 0 Å². The fourth-order valence-electron chi connectivity index (χ4n) is 2.77. The van der Waals surface area contributed by atoms with Crippen LogP contribution in [0.15, 0.2) is 29.7 Å². The van der Waals surface area contributed by atoms with Crippen LogP contribution < -0.4 is 30.1 Å². The summed E-state index contributed by atoms with van der Waals surface area (Å²) in [5, 5.41) is 13.0. The van der Waals surface area contributed by atoms with Crippen LogP contribution in [-0.4, -0.2) is 24.4 Å². The van der Waals surface area contributed by atoms with Gasteiger partial charge in [0.25, 0.3) is 0 Å². The van der Waals surface area contributed by atoms with Gasteiger partial charge in [-0.2, -0.15) is 0 Å². The molecule has 1 aromatic rings. The number of hydrogen-bond acceptors (Lipinski definition) is 3. The van der Waals surface area contributed by atoms with Crippen LogP contribution in [0.25, 0.3) is 8.85 Å². The molecular weight excluding hydrogens is 424 g/mol. The molecule has 0 bridgehead atoms. The van der Waals surface area contributed by atoms with Crippen LogP contribution in [-0.2, 0) is 35.9 Å². The predicted molar refractivity (Wildman–Crippen MR) is 86.6 cm³/mol. The van der Waals surface area contributed by atoms with Crippen molar-refractivity contribution in [1.82, 2.24) is 5.32 Å². The van der Waals surface area contributed by atoms with Crippen molar-refractivity contribution in [3.8, 4) is 0 Å². The number of ether oxygens (including phenoxy) is 1. The average molecular weight is 449 g/mol. The number of hydrogen-bond donors (Lipinski definition) is 2. The van der Waals surface area contributed by atoms with Crippen LogP contribution in [0.5, 0.6) is 0 Å². The molecule has 0 amide bonds. The van der Waals surface area contributed by atoms with Crippen LogP contribution in [0, 0.1) is 0 Å². The van der Waals surface area contributed by atoms with E-state index in [1.54, 1.807) is 7.11 Å². The summed E-state index contributed by atoms with van der Waals surface area (Å²) in [5.41, 5.74) is 5.96. The Bertz CT molecular complexity index is 649. The Labute approximate surface area is 172 Å². The minimum Gasteiger partial charge on any atom is -1.00 e. The molecule has 0 atom stereocenters. The summed E-state index contributed by atoms with van der Waals surface area (Å²) in [5.74, 6) is 0.913. The van der Waals surface area contributed by atoms with Gasteiger partial charge in [-0.15, -0.1) is 0 Å². The molecule has 0 aromatic heterocycles. The number of rotatable bonds is 4. The van der Waals surface area contributed by atoms with E-state index in [4.69, 9.17) is 4.74 Å². The molecule has 24 heavy (non-hydrogen) atoms. The van der Waals surface area contributed by atoms with Gasteiger partial charge in [-0.3, -0.25) is 0 Å². The van der Waals surface area contributed by atoms with E-state index in [2.05, 4.69) is 44.3 Å². The number of allylic oxidation sites excluding steroid dienone is 2. The normalized spacial score (nSPS) is 15.3. The Kier molecular flexibility index (Phi) is 9.32. The standard InChI is InChI=1S/C18H24NO2.2ClH.Zr/c1-12(21-5)16-15(19-18(2,3)4)11-14-8-6-7-13(9-10-20)17(14)16;;;/h6-8,19-20H,9-10H2,1-5H3;2*1H;/q;;;+2/p-2. The fraction of sp³-hybridized carbons (Fsp3) is 0.444. The molecule has 6 heteroatoms. The second-order valence-electron chi connectivity index (χ2n) is 6.57. The topological polar surface area (TPSA) is 41.5 Å². The molecule has 131 valence electrons. The maximum atomic E-state index is 9.38. The molecule has 2 rings (SSSR count). The summed E-state index contributed by atoms with van der Waals surface area (Å²) < 4.78 is 6.89. The Balaban J connectivity index is 0.00000264. The van der Waals surface area contributed by atoms with Crippen molar-refractivity contribution in [3.05, 3.63) is 46.3 Å². The Morgan fingerprint density at radius 1 is 1.25 bits per heavy atom. The van der Waals surface area contributed by atoms with Crippen LogP contribution in [0.1, 0.15) is 44.4 Å². The second-order valence-corrected chi connectivity index (χ2v) is 7.80. The minimum absolute atomic E-state index is 0. The van der Waals surface area contributed by atoms with E-state index in [0.29, 0.717) is 6.42 Å². The molecule has 0 unspecified atom stereocenters. The molecule has 2 N–H and O–H groups in total. The van der Waals surface area contributed by atoms with Gasteiger partial charge in [0.05, 0.1) is 0 Å². The van der Waals surface area contributed by atoms with Crippen molar-refractivity contribution in [2.75, 3.05) is 13.7 Å². The number of fused-ring (bicyclic) bond motifs is 1. The molecule has 0 aliphatic heterocycles. The number of benzene rings is 1. The van der Waals surface area contributed by atoms with Crippen molar-refractivity contribution >= 4 is 8.85 Å². The maximum absolute atomic E-state index is 9.38. The first-order valence-corrected chi connectivity index (χ1v) is 8.76. The third kappa shape index (κ3) is 4.88. The molecule has 0 spiro atoms. The molecule has 0 saturated heterocycles. The van der Waals surface area contributed by atoms with Gasteiger partial charge in [-0.25, -0.2) is 0 Å². The largest absolute Gasteiger partial charge is 1.00 e. The van der Waals surface area contributed by atoms with E-state index in [1.807, 2.05) is 6.92 Å². The maximum Gasteiger partial charge on any atom is -1.00 e. The number of halogens is 2. The second kappa shape index (κ2) is 9.43. The van der Waals surface area contributed by atoms with E-state index in [-0.39, 0.29) is 37.0 Å². The number of aliphatic hydroxyl groups is 1. The molecular formula is C18H24Cl2NO2Zr. The van der Waals surface area contributed by atoms with Crippen molar-refractivity contribution < 1.29 is 59.4 Å². The quantitative estimate of drug-likeness (QED) is 0.490. The Morgan fingerprint density at radius 2 is 1.88 bits per heavy atom. The van der Waals surface area contributed by atoms with E-state index >= 15 is 0 Å². The van der Waals surface area contributed by atoms with Gasteiger partial charge in [0.15, 0.2) is 0 Å². The van der Waals surface area contributed by atoms with E-state index < -0.39 is 0 Å². The molecule has 1 aliphatic carbocycles. The molecule has 0 radical (unpaired) electrons. The molecule has 0 heterocycles. The summed E-state index contributed by atoms with van der Waals surface area (Å²) in [6, 6.07) is 6.34. The first-order chi connectivity index (χ1) is 10.3. The van der Waals surface area contributed by atoms with E-state index in [1.165, 1.54) is 50.4 Å². The van der Waals surface area contributed by atoms with Gasteiger partial charge in [-0.1, -0.05) is 0 Å². The Hall–Kier alpha value is -0.277. The van der Waals surface area contributed by atoms with Gasteiger partial charge in [0, 0.05) is 0 Å². The first kappa shape index (κ1) is 23.7. The summed E-state index contributed by atoms with van der Waals surface area (Å²) >= 11 is 1.38. The average Bonchev–Trinajstić information content (AvgIpc) is 2.71. The molecule has 0 saturated carbocycles.